The third-order valence-electron chi connectivity index (χ3n) is 4.20. The Balaban J connectivity index is 2.14. The van der Waals surface area contributed by atoms with Crippen LogP contribution < -0.4 is 4.90 Å². The molecule has 1 heterocycles. The molecule has 0 fully saturated rings. The number of non-ortho nitro benzene ring substituents is 1. The summed E-state index contributed by atoms with van der Waals surface area (Å²) < 4.78 is 4.84. The summed E-state index contributed by atoms with van der Waals surface area (Å²) in [7, 11) is 1.24. The summed E-state index contributed by atoms with van der Waals surface area (Å²) in [5.74, 6) is -1.04. The quantitative estimate of drug-likeness (QED) is 0.359. The molecule has 0 unspecified atom stereocenters. The second-order valence-electron chi connectivity index (χ2n) is 5.84. The van der Waals surface area contributed by atoms with Gasteiger partial charge in [0.1, 0.15) is 0 Å². The third-order valence-corrected chi connectivity index (χ3v) is 4.20. The second-order valence-corrected chi connectivity index (χ2v) is 5.84. The zero-order valence-electron chi connectivity index (χ0n) is 14.7. The van der Waals surface area contributed by atoms with E-state index in [4.69, 9.17) is 4.74 Å². The van der Waals surface area contributed by atoms with Crippen LogP contribution in [0.4, 0.5) is 11.4 Å². The van der Waals surface area contributed by atoms with Gasteiger partial charge in [0.05, 0.1) is 23.2 Å². The number of nitro groups is 1. The van der Waals surface area contributed by atoms with E-state index < -0.39 is 16.8 Å². The Kier molecular flexibility index (Phi) is 4.85. The van der Waals surface area contributed by atoms with Crippen molar-refractivity contribution in [2.24, 2.45) is 0 Å². The van der Waals surface area contributed by atoms with Crippen LogP contribution in [0.3, 0.4) is 0 Å². The maximum Gasteiger partial charge on any atom is 0.340 e. The molecule has 0 saturated carbocycles. The first-order chi connectivity index (χ1) is 12.9. The highest BCUT2D eigenvalue weighted by Gasteiger charge is 2.37. The molecule has 0 N–H and O–H groups in total. The van der Waals surface area contributed by atoms with Gasteiger partial charge in [-0.25, -0.2) is 4.79 Å². The Labute approximate surface area is 155 Å². The molecule has 0 aliphatic carbocycles. The van der Waals surface area contributed by atoms with Crippen molar-refractivity contribution in [1.29, 1.82) is 0 Å². The number of methoxy groups -OCH3 is 1. The van der Waals surface area contributed by atoms with Crippen LogP contribution >= 0.6 is 0 Å². The second kappa shape index (κ2) is 7.25. The molecule has 0 aromatic heterocycles. The van der Waals surface area contributed by atoms with Gasteiger partial charge in [0.2, 0.25) is 0 Å². The molecule has 3 rings (SSSR count). The number of amides is 1. The molecule has 7 heteroatoms. The van der Waals surface area contributed by atoms with E-state index in [2.05, 4.69) is 0 Å². The largest absolute Gasteiger partial charge is 0.465 e. The summed E-state index contributed by atoms with van der Waals surface area (Å²) in [4.78, 5) is 37.3. The molecule has 136 valence electrons. The molecular formula is C20H16N2O5. The zero-order chi connectivity index (χ0) is 19.6. The number of carbonyl (C=O) groups excluding carboxylic acids is 2. The maximum absolute atomic E-state index is 13.0. The van der Waals surface area contributed by atoms with E-state index in [9.17, 15) is 19.7 Å². The number of benzene rings is 2. The van der Waals surface area contributed by atoms with Crippen LogP contribution in [0, 0.1) is 10.1 Å². The fourth-order valence-corrected chi connectivity index (χ4v) is 2.96. The number of allylic oxidation sites excluding steroid dienone is 1. The lowest BCUT2D eigenvalue weighted by atomic mass is 10.0. The van der Waals surface area contributed by atoms with E-state index in [0.717, 1.165) is 0 Å². The molecular weight excluding hydrogens is 348 g/mol. The average molecular weight is 364 g/mol. The predicted molar refractivity (Wildman–Crippen MR) is 99.7 cm³/mol. The highest BCUT2D eigenvalue weighted by molar-refractivity contribution is 6.23. The Morgan fingerprint density at radius 3 is 2.48 bits per heavy atom. The standard InChI is InChI=1S/C20H16N2O5/c1-13-18(20(24)27-2)17(12-14-7-6-10-16(11-14)22(25)26)19(23)21(13)15-8-4-3-5-9-15/h3-12H,1-2H3/b17-12-. The first kappa shape index (κ1) is 18.1. The van der Waals surface area contributed by atoms with Gasteiger partial charge in [0.15, 0.2) is 0 Å². The average Bonchev–Trinajstić information content (AvgIpc) is 2.92. The van der Waals surface area contributed by atoms with Crippen LogP contribution in [-0.4, -0.2) is 23.9 Å². The summed E-state index contributed by atoms with van der Waals surface area (Å²) in [6.07, 6.45) is 1.47. The summed E-state index contributed by atoms with van der Waals surface area (Å²) in [6, 6.07) is 14.8. The Hall–Kier alpha value is -3.74. The van der Waals surface area contributed by atoms with Crippen molar-refractivity contribution in [3.8, 4) is 0 Å². The number of esters is 1. The summed E-state index contributed by atoms with van der Waals surface area (Å²) in [5.41, 5.74) is 1.66. The van der Waals surface area contributed by atoms with Gasteiger partial charge in [-0.2, -0.15) is 0 Å². The molecule has 0 spiro atoms. The van der Waals surface area contributed by atoms with E-state index in [1.807, 2.05) is 6.07 Å². The number of rotatable bonds is 4. The van der Waals surface area contributed by atoms with Crippen molar-refractivity contribution in [2.45, 2.75) is 6.92 Å². The fourth-order valence-electron chi connectivity index (χ4n) is 2.96. The minimum absolute atomic E-state index is 0.102. The van der Waals surface area contributed by atoms with E-state index >= 15 is 0 Å². The predicted octanol–water partition coefficient (Wildman–Crippen LogP) is 3.47. The van der Waals surface area contributed by atoms with E-state index in [-0.39, 0.29) is 16.8 Å². The minimum atomic E-state index is -0.643. The van der Waals surface area contributed by atoms with Gasteiger partial charge in [-0.1, -0.05) is 30.3 Å². The summed E-state index contributed by atoms with van der Waals surface area (Å²) in [6.45, 7) is 1.66. The number of carbonyl (C=O) groups is 2. The van der Waals surface area contributed by atoms with Crippen LogP contribution in [0.25, 0.3) is 6.08 Å². The minimum Gasteiger partial charge on any atom is -0.465 e. The lowest BCUT2D eigenvalue weighted by Gasteiger charge is -2.17. The summed E-state index contributed by atoms with van der Waals surface area (Å²) in [5, 5.41) is 11.0. The van der Waals surface area contributed by atoms with Crippen molar-refractivity contribution in [3.63, 3.8) is 0 Å². The molecule has 2 aromatic carbocycles. The van der Waals surface area contributed by atoms with Crippen LogP contribution in [0.15, 0.2) is 71.4 Å². The van der Waals surface area contributed by atoms with Gasteiger partial charge in [-0.05, 0) is 30.7 Å². The van der Waals surface area contributed by atoms with Crippen LogP contribution in [0.5, 0.6) is 0 Å². The molecule has 0 atom stereocenters. The molecule has 0 saturated heterocycles. The molecule has 2 aromatic rings. The van der Waals surface area contributed by atoms with Gasteiger partial charge in [-0.3, -0.25) is 19.8 Å². The van der Waals surface area contributed by atoms with Gasteiger partial charge in [-0.15, -0.1) is 0 Å². The van der Waals surface area contributed by atoms with Crippen LogP contribution in [-0.2, 0) is 14.3 Å². The van der Waals surface area contributed by atoms with Crippen molar-refractivity contribution < 1.29 is 19.2 Å². The lowest BCUT2D eigenvalue weighted by Crippen LogP contribution is -2.24. The molecule has 1 aliphatic heterocycles. The first-order valence-electron chi connectivity index (χ1n) is 8.09. The lowest BCUT2D eigenvalue weighted by molar-refractivity contribution is -0.384. The van der Waals surface area contributed by atoms with Gasteiger partial charge >= 0.3 is 5.97 Å². The van der Waals surface area contributed by atoms with Gasteiger partial charge in [0, 0.05) is 23.5 Å². The van der Waals surface area contributed by atoms with Crippen molar-refractivity contribution >= 4 is 29.3 Å². The third kappa shape index (κ3) is 3.35. The molecule has 0 bridgehead atoms. The maximum atomic E-state index is 13.0. The summed E-state index contributed by atoms with van der Waals surface area (Å²) >= 11 is 0. The smallest absolute Gasteiger partial charge is 0.340 e. The van der Waals surface area contributed by atoms with E-state index in [1.165, 1.54) is 36.3 Å². The molecule has 27 heavy (non-hydrogen) atoms. The van der Waals surface area contributed by atoms with Crippen LogP contribution in [0.1, 0.15) is 12.5 Å². The highest BCUT2D eigenvalue weighted by Crippen LogP contribution is 2.35. The van der Waals surface area contributed by atoms with Crippen molar-refractivity contribution in [3.05, 3.63) is 87.1 Å². The highest BCUT2D eigenvalue weighted by atomic mass is 16.6. The molecule has 1 aliphatic rings. The first-order valence-corrected chi connectivity index (χ1v) is 8.09. The Bertz CT molecular complexity index is 992. The number of hydrogen-bond acceptors (Lipinski definition) is 5. The van der Waals surface area contributed by atoms with E-state index in [0.29, 0.717) is 16.9 Å². The Morgan fingerprint density at radius 2 is 1.85 bits per heavy atom. The van der Waals surface area contributed by atoms with Gasteiger partial charge < -0.3 is 4.74 Å². The molecule has 0 radical (unpaired) electrons. The number of anilines is 1. The molecule has 1 amide bonds. The molecule has 7 nitrogen and oxygen atoms in total. The number of nitrogens with zero attached hydrogens (tertiary/aromatic N) is 2. The Morgan fingerprint density at radius 1 is 1.15 bits per heavy atom. The number of para-hydroxylation sites is 1. The fraction of sp³-hybridized carbons (Fsp3) is 0.100. The van der Waals surface area contributed by atoms with E-state index in [1.54, 1.807) is 37.3 Å². The number of nitro benzene ring substituents is 1. The van der Waals surface area contributed by atoms with Crippen molar-refractivity contribution in [2.75, 3.05) is 12.0 Å². The zero-order valence-corrected chi connectivity index (χ0v) is 14.7. The normalized spacial score (nSPS) is 15.4. The number of hydrogen-bond donors (Lipinski definition) is 0. The van der Waals surface area contributed by atoms with Crippen LogP contribution in [0.2, 0.25) is 0 Å². The topological polar surface area (TPSA) is 89.8 Å². The number of ether oxygens (including phenoxy) is 1. The van der Waals surface area contributed by atoms with Gasteiger partial charge in [0.25, 0.3) is 11.6 Å². The van der Waals surface area contributed by atoms with Crippen molar-refractivity contribution in [1.82, 2.24) is 0 Å². The monoisotopic (exact) mass is 364 g/mol. The SMILES string of the molecule is COC(=O)C1=C(C)N(c2ccccc2)C(=O)/C1=C\c1cccc([N+](=O)[O-])c1.